The van der Waals surface area contributed by atoms with Crippen molar-refractivity contribution in [2.24, 2.45) is 11.8 Å². The van der Waals surface area contributed by atoms with Gasteiger partial charge in [-0.3, -0.25) is 0 Å². The number of hydrogen-bond donors (Lipinski definition) is 0. The number of fused-ring (bicyclic) bond motifs is 2. The van der Waals surface area contributed by atoms with E-state index in [0.717, 1.165) is 6.42 Å². The topological polar surface area (TPSA) is 17.1 Å². The van der Waals surface area contributed by atoms with Gasteiger partial charge in [-0.15, -0.1) is 0 Å². The highest BCUT2D eigenvalue weighted by Crippen LogP contribution is 2.77. The van der Waals surface area contributed by atoms with E-state index in [-0.39, 0.29) is 10.3 Å². The minimum Gasteiger partial charge on any atom is -0.318 e. The fourth-order valence-electron chi connectivity index (χ4n) is 4.62. The second-order valence-electron chi connectivity index (χ2n) is 8.95. The minimum absolute atomic E-state index is 0.223. The lowest BCUT2D eigenvalue weighted by Crippen LogP contribution is -2.31. The molecule has 1 nitrogen and oxygen atoms in total. The second kappa shape index (κ2) is 5.21. The zero-order valence-electron chi connectivity index (χ0n) is 15.3. The van der Waals surface area contributed by atoms with Gasteiger partial charge in [0, 0.05) is 27.5 Å². The Kier molecular flexibility index (Phi) is 3.80. The van der Waals surface area contributed by atoms with E-state index in [1.807, 2.05) is 0 Å². The maximum absolute atomic E-state index is 14.5. The maximum atomic E-state index is 14.5. The Labute approximate surface area is 141 Å². The molecule has 2 aliphatic carbocycles. The van der Waals surface area contributed by atoms with Gasteiger partial charge in [0.15, 0.2) is 0 Å². The molecule has 1 aromatic rings. The Morgan fingerprint density at radius 3 is 1.91 bits per heavy atom. The highest BCUT2D eigenvalue weighted by atomic mass is 31.2. The van der Waals surface area contributed by atoms with E-state index in [4.69, 9.17) is 0 Å². The van der Waals surface area contributed by atoms with Crippen molar-refractivity contribution < 1.29 is 4.57 Å². The molecule has 2 unspecified atom stereocenters. The predicted octanol–water partition coefficient (Wildman–Crippen LogP) is 6.56. The van der Waals surface area contributed by atoms with Gasteiger partial charge in [0.25, 0.3) is 0 Å². The van der Waals surface area contributed by atoms with Crippen molar-refractivity contribution >= 4 is 12.7 Å². The first-order chi connectivity index (χ1) is 10.6. The number of hydrogen-bond acceptors (Lipinski definition) is 1. The van der Waals surface area contributed by atoms with Crippen LogP contribution in [0.3, 0.4) is 0 Å². The number of rotatable bonds is 2. The second-order valence-corrected chi connectivity index (χ2v) is 13.3. The summed E-state index contributed by atoms with van der Waals surface area (Å²) < 4.78 is 14.5. The molecule has 0 aliphatic heterocycles. The van der Waals surface area contributed by atoms with E-state index < -0.39 is 7.14 Å². The Morgan fingerprint density at radius 2 is 1.39 bits per heavy atom. The molecule has 3 rings (SSSR count). The average molecular weight is 328 g/mol. The van der Waals surface area contributed by atoms with E-state index >= 15 is 0 Å². The van der Waals surface area contributed by atoms with Crippen molar-refractivity contribution in [3.8, 4) is 0 Å². The molecule has 0 amide bonds. The number of benzene rings is 1. The first-order valence-corrected chi connectivity index (χ1v) is 10.4. The van der Waals surface area contributed by atoms with Gasteiger partial charge in [-0.05, 0) is 17.6 Å². The van der Waals surface area contributed by atoms with Gasteiger partial charge in [-0.2, -0.15) is 0 Å². The van der Waals surface area contributed by atoms with E-state index in [1.54, 1.807) is 0 Å². The molecule has 0 spiro atoms. The van der Waals surface area contributed by atoms with Crippen LogP contribution in [0.1, 0.15) is 53.5 Å². The van der Waals surface area contributed by atoms with Gasteiger partial charge in [0.05, 0.1) is 0 Å². The standard InChI is InChI=1S/C21H29OP/c1-20(2,3)23(22,21(4,5)6)19-17-13-12-16(14-17)18(19)15-10-8-7-9-11-15/h7-13,16-17H,14H2,1-6H3. The van der Waals surface area contributed by atoms with Gasteiger partial charge in [0.2, 0.25) is 0 Å². The highest BCUT2D eigenvalue weighted by Gasteiger charge is 2.54. The molecule has 0 fully saturated rings. The molecule has 0 saturated carbocycles. The van der Waals surface area contributed by atoms with Crippen molar-refractivity contribution in [1.29, 1.82) is 0 Å². The first-order valence-electron chi connectivity index (χ1n) is 8.66. The molecule has 2 heteroatoms. The molecule has 0 radical (unpaired) electrons. The molecular weight excluding hydrogens is 299 g/mol. The van der Waals surface area contributed by atoms with Crippen LogP contribution < -0.4 is 0 Å². The quantitative estimate of drug-likeness (QED) is 0.443. The Balaban J connectivity index is 2.30. The molecule has 2 bridgehead atoms. The van der Waals surface area contributed by atoms with Gasteiger partial charge < -0.3 is 4.57 Å². The molecule has 0 aromatic heterocycles. The van der Waals surface area contributed by atoms with Crippen LogP contribution in [-0.2, 0) is 4.57 Å². The van der Waals surface area contributed by atoms with E-state index in [0.29, 0.717) is 11.8 Å². The van der Waals surface area contributed by atoms with Crippen LogP contribution in [0.15, 0.2) is 47.8 Å². The summed E-state index contributed by atoms with van der Waals surface area (Å²) in [6.45, 7) is 12.9. The minimum atomic E-state index is -2.57. The fourth-order valence-corrected chi connectivity index (χ4v) is 9.37. The molecule has 2 atom stereocenters. The predicted molar refractivity (Wildman–Crippen MR) is 101 cm³/mol. The fraction of sp³-hybridized carbons (Fsp3) is 0.524. The van der Waals surface area contributed by atoms with Crippen molar-refractivity contribution in [2.75, 3.05) is 0 Å². The monoisotopic (exact) mass is 328 g/mol. The maximum Gasteiger partial charge on any atom is 0.122 e. The smallest absolute Gasteiger partial charge is 0.122 e. The van der Waals surface area contributed by atoms with Crippen molar-refractivity contribution in [3.05, 3.63) is 53.4 Å². The Bertz CT molecular complexity index is 692. The average Bonchev–Trinajstić information content (AvgIpc) is 3.05. The summed E-state index contributed by atoms with van der Waals surface area (Å²) in [4.78, 5) is 0. The molecule has 0 heterocycles. The third-order valence-electron chi connectivity index (χ3n) is 5.39. The van der Waals surface area contributed by atoms with E-state index in [9.17, 15) is 4.57 Å². The van der Waals surface area contributed by atoms with Crippen LogP contribution >= 0.6 is 7.14 Å². The normalized spacial score (nSPS) is 24.6. The molecular formula is C21H29OP. The zero-order valence-corrected chi connectivity index (χ0v) is 16.2. The zero-order chi connectivity index (χ0) is 17.0. The number of allylic oxidation sites excluding steroid dienone is 4. The van der Waals surface area contributed by atoms with Gasteiger partial charge in [-0.25, -0.2) is 0 Å². The SMILES string of the molecule is CC(C)(C)P(=O)(C1=C(c2ccccc2)C2C=CC1C2)C(C)(C)C. The van der Waals surface area contributed by atoms with Crippen LogP contribution in [0.5, 0.6) is 0 Å². The third kappa shape index (κ3) is 2.40. The molecule has 2 aliphatic rings. The summed E-state index contributed by atoms with van der Waals surface area (Å²) in [7, 11) is -2.57. The summed E-state index contributed by atoms with van der Waals surface area (Å²) in [5.41, 5.74) is 2.61. The van der Waals surface area contributed by atoms with E-state index in [2.05, 4.69) is 84.0 Å². The van der Waals surface area contributed by atoms with Crippen LogP contribution in [-0.4, -0.2) is 10.3 Å². The summed E-state index contributed by atoms with van der Waals surface area (Å²) in [6.07, 6.45) is 5.73. The van der Waals surface area contributed by atoms with Crippen LogP contribution in [0, 0.1) is 11.8 Å². The molecule has 0 saturated heterocycles. The molecule has 0 N–H and O–H groups in total. The van der Waals surface area contributed by atoms with Crippen LogP contribution in [0.25, 0.3) is 5.57 Å². The Hall–Kier alpha value is -1.07. The van der Waals surface area contributed by atoms with Gasteiger partial charge in [-0.1, -0.05) is 84.0 Å². The summed E-state index contributed by atoms with van der Waals surface area (Å²) >= 11 is 0. The third-order valence-corrected chi connectivity index (χ3v) is 10.4. The lowest BCUT2D eigenvalue weighted by Gasteiger charge is -2.44. The lowest BCUT2D eigenvalue weighted by atomic mass is 9.95. The summed E-state index contributed by atoms with van der Waals surface area (Å²) in [5.74, 6) is 0.801. The molecule has 124 valence electrons. The highest BCUT2D eigenvalue weighted by molar-refractivity contribution is 7.71. The van der Waals surface area contributed by atoms with Gasteiger partial charge >= 0.3 is 0 Å². The molecule has 23 heavy (non-hydrogen) atoms. The Morgan fingerprint density at radius 1 is 0.870 bits per heavy atom. The summed E-state index contributed by atoms with van der Waals surface area (Å²) in [6, 6.07) is 10.6. The largest absolute Gasteiger partial charge is 0.318 e. The van der Waals surface area contributed by atoms with Crippen molar-refractivity contribution in [1.82, 2.24) is 0 Å². The first kappa shape index (κ1) is 16.8. The van der Waals surface area contributed by atoms with Crippen molar-refractivity contribution in [3.63, 3.8) is 0 Å². The van der Waals surface area contributed by atoms with E-state index in [1.165, 1.54) is 16.5 Å². The molecule has 1 aromatic carbocycles. The van der Waals surface area contributed by atoms with Crippen molar-refractivity contribution in [2.45, 2.75) is 58.3 Å². The summed E-state index contributed by atoms with van der Waals surface area (Å²) in [5, 5.41) is 0.814. The van der Waals surface area contributed by atoms with Crippen LogP contribution in [0.2, 0.25) is 0 Å². The van der Waals surface area contributed by atoms with Crippen LogP contribution in [0.4, 0.5) is 0 Å². The van der Waals surface area contributed by atoms with Gasteiger partial charge in [0.1, 0.15) is 7.14 Å². The lowest BCUT2D eigenvalue weighted by molar-refractivity contribution is 0.520.